The van der Waals surface area contributed by atoms with Gasteiger partial charge in [0.2, 0.25) is 0 Å². The second-order valence-electron chi connectivity index (χ2n) is 3.71. The van der Waals surface area contributed by atoms with Crippen molar-refractivity contribution >= 4 is 19.7 Å². The fourth-order valence-electron chi connectivity index (χ4n) is 1.34. The van der Waals surface area contributed by atoms with Gasteiger partial charge in [-0.2, -0.15) is 0 Å². The predicted molar refractivity (Wildman–Crippen MR) is 64.4 cm³/mol. The number of hydrogen-bond acceptors (Lipinski definition) is 3. The smallest absolute Gasteiger partial charge is 0.261 e. The van der Waals surface area contributed by atoms with Crippen LogP contribution >= 0.6 is 10.7 Å². The van der Waals surface area contributed by atoms with Crippen molar-refractivity contribution < 1.29 is 21.9 Å². The van der Waals surface area contributed by atoms with E-state index in [1.165, 1.54) is 0 Å². The highest BCUT2D eigenvalue weighted by Crippen LogP contribution is 2.27. The van der Waals surface area contributed by atoms with Crippen molar-refractivity contribution in [2.24, 2.45) is 0 Å². The minimum absolute atomic E-state index is 0.175. The molecule has 0 fully saturated rings. The number of ether oxygens (including phenoxy) is 1. The molecule has 102 valence electrons. The summed E-state index contributed by atoms with van der Waals surface area (Å²) < 4.78 is 53.8. The maximum absolute atomic E-state index is 13.5. The van der Waals surface area contributed by atoms with Crippen LogP contribution in [-0.2, 0) is 9.05 Å². The molecule has 0 amide bonds. The molecular formula is C11H13ClF2O3S. The molecule has 0 saturated carbocycles. The SMILES string of the molecule is CCCCCOc1c(F)cc(S(=O)(=O)Cl)cc1F. The number of unbranched alkanes of at least 4 members (excludes halogenated alkanes) is 2. The molecule has 1 aromatic carbocycles. The van der Waals surface area contributed by atoms with E-state index < -0.39 is 31.3 Å². The van der Waals surface area contributed by atoms with Crippen molar-refractivity contribution in [3.63, 3.8) is 0 Å². The van der Waals surface area contributed by atoms with Crippen molar-refractivity contribution in [1.82, 2.24) is 0 Å². The molecule has 3 nitrogen and oxygen atoms in total. The lowest BCUT2D eigenvalue weighted by Gasteiger charge is -2.08. The number of halogens is 3. The zero-order valence-corrected chi connectivity index (χ0v) is 11.3. The molecule has 0 radical (unpaired) electrons. The molecular weight excluding hydrogens is 286 g/mol. The van der Waals surface area contributed by atoms with E-state index in [0.717, 1.165) is 12.8 Å². The van der Waals surface area contributed by atoms with Crippen molar-refractivity contribution in [1.29, 1.82) is 0 Å². The Kier molecular flexibility index (Phi) is 5.34. The topological polar surface area (TPSA) is 43.4 Å². The Bertz CT molecular complexity index is 494. The summed E-state index contributed by atoms with van der Waals surface area (Å²) in [5, 5.41) is 0. The Balaban J connectivity index is 2.88. The lowest BCUT2D eigenvalue weighted by molar-refractivity contribution is 0.275. The van der Waals surface area contributed by atoms with Crippen LogP contribution in [0.15, 0.2) is 17.0 Å². The molecule has 0 heterocycles. The van der Waals surface area contributed by atoms with Gasteiger partial charge in [-0.1, -0.05) is 19.8 Å². The van der Waals surface area contributed by atoms with E-state index in [0.29, 0.717) is 18.6 Å². The molecule has 7 heteroatoms. The largest absolute Gasteiger partial charge is 0.488 e. The van der Waals surface area contributed by atoms with E-state index >= 15 is 0 Å². The first-order valence-corrected chi connectivity index (χ1v) is 7.73. The van der Waals surface area contributed by atoms with E-state index in [1.54, 1.807) is 0 Å². The molecule has 0 saturated heterocycles. The lowest BCUT2D eigenvalue weighted by Crippen LogP contribution is -2.03. The van der Waals surface area contributed by atoms with E-state index in [4.69, 9.17) is 15.4 Å². The quantitative estimate of drug-likeness (QED) is 0.597. The number of hydrogen-bond donors (Lipinski definition) is 0. The molecule has 0 bridgehead atoms. The third kappa shape index (κ3) is 4.10. The molecule has 0 N–H and O–H groups in total. The van der Waals surface area contributed by atoms with Gasteiger partial charge in [-0.05, 0) is 18.6 Å². The molecule has 0 unspecified atom stereocenters. The van der Waals surface area contributed by atoms with Crippen molar-refractivity contribution in [3.05, 3.63) is 23.8 Å². The van der Waals surface area contributed by atoms with Gasteiger partial charge < -0.3 is 4.74 Å². The zero-order valence-electron chi connectivity index (χ0n) is 9.75. The Morgan fingerprint density at radius 3 is 2.22 bits per heavy atom. The van der Waals surface area contributed by atoms with Crippen molar-refractivity contribution in [3.8, 4) is 5.75 Å². The normalized spacial score (nSPS) is 11.6. The molecule has 0 atom stereocenters. The Morgan fingerprint density at radius 1 is 1.22 bits per heavy atom. The highest BCUT2D eigenvalue weighted by Gasteiger charge is 2.18. The first-order valence-electron chi connectivity index (χ1n) is 5.42. The molecule has 0 aromatic heterocycles. The summed E-state index contributed by atoms with van der Waals surface area (Å²) in [4.78, 5) is -0.625. The summed E-state index contributed by atoms with van der Waals surface area (Å²) in [5.41, 5.74) is 0. The highest BCUT2D eigenvalue weighted by atomic mass is 35.7. The first kappa shape index (κ1) is 15.2. The highest BCUT2D eigenvalue weighted by molar-refractivity contribution is 8.13. The van der Waals surface area contributed by atoms with Gasteiger partial charge in [0.05, 0.1) is 11.5 Å². The first-order chi connectivity index (χ1) is 8.36. The lowest BCUT2D eigenvalue weighted by atomic mass is 10.2. The predicted octanol–water partition coefficient (Wildman–Crippen LogP) is 3.46. The summed E-state index contributed by atoms with van der Waals surface area (Å²) in [7, 11) is 0.841. The van der Waals surface area contributed by atoms with Crippen LogP contribution in [0.4, 0.5) is 8.78 Å². The molecule has 1 rings (SSSR count). The fourth-order valence-corrected chi connectivity index (χ4v) is 2.10. The minimum Gasteiger partial charge on any atom is -0.488 e. The standard InChI is InChI=1S/C11H13ClF2O3S/c1-2-3-4-5-17-11-9(13)6-8(7-10(11)14)18(12,15)16/h6-7H,2-5H2,1H3. The third-order valence-electron chi connectivity index (χ3n) is 2.25. The minimum atomic E-state index is -4.16. The van der Waals surface area contributed by atoms with Gasteiger partial charge in [0.15, 0.2) is 17.4 Å². The zero-order chi connectivity index (χ0) is 13.8. The van der Waals surface area contributed by atoms with Crippen LogP contribution in [-0.4, -0.2) is 15.0 Å². The van der Waals surface area contributed by atoms with Crippen LogP contribution < -0.4 is 4.74 Å². The Labute approximate surface area is 109 Å². The molecule has 0 aliphatic rings. The van der Waals surface area contributed by atoms with Gasteiger partial charge in [0.25, 0.3) is 9.05 Å². The molecule has 0 spiro atoms. The van der Waals surface area contributed by atoms with Gasteiger partial charge in [0, 0.05) is 10.7 Å². The summed E-state index contributed by atoms with van der Waals surface area (Å²) in [6, 6.07) is 1.28. The average molecular weight is 299 g/mol. The van der Waals surface area contributed by atoms with Crippen LogP contribution in [0.2, 0.25) is 0 Å². The number of benzene rings is 1. The molecule has 1 aromatic rings. The van der Waals surface area contributed by atoms with Crippen LogP contribution in [0.1, 0.15) is 26.2 Å². The Morgan fingerprint density at radius 2 is 1.78 bits per heavy atom. The van der Waals surface area contributed by atoms with Crippen LogP contribution in [0.3, 0.4) is 0 Å². The fraction of sp³-hybridized carbons (Fsp3) is 0.455. The van der Waals surface area contributed by atoms with Gasteiger partial charge in [-0.15, -0.1) is 0 Å². The summed E-state index contributed by atoms with van der Waals surface area (Å²) >= 11 is 0. The van der Waals surface area contributed by atoms with Crippen LogP contribution in [0.5, 0.6) is 5.75 Å². The van der Waals surface area contributed by atoms with Gasteiger partial charge >= 0.3 is 0 Å². The van der Waals surface area contributed by atoms with E-state index in [9.17, 15) is 17.2 Å². The second kappa shape index (κ2) is 6.33. The summed E-state index contributed by atoms with van der Waals surface area (Å²) in [6.07, 6.45) is 2.51. The monoisotopic (exact) mass is 298 g/mol. The Hall–Kier alpha value is -0.880. The molecule has 0 aliphatic carbocycles. The third-order valence-corrected chi connectivity index (χ3v) is 3.58. The van der Waals surface area contributed by atoms with Crippen LogP contribution in [0, 0.1) is 11.6 Å². The molecule has 0 aliphatic heterocycles. The second-order valence-corrected chi connectivity index (χ2v) is 6.28. The van der Waals surface area contributed by atoms with Crippen LogP contribution in [0.25, 0.3) is 0 Å². The summed E-state index contributed by atoms with van der Waals surface area (Å²) in [5.74, 6) is -2.73. The van der Waals surface area contributed by atoms with Gasteiger partial charge in [-0.3, -0.25) is 0 Å². The maximum Gasteiger partial charge on any atom is 0.261 e. The summed E-state index contributed by atoms with van der Waals surface area (Å²) in [6.45, 7) is 2.16. The van der Waals surface area contributed by atoms with Gasteiger partial charge in [0.1, 0.15) is 0 Å². The van der Waals surface area contributed by atoms with Gasteiger partial charge in [-0.25, -0.2) is 17.2 Å². The molecule has 18 heavy (non-hydrogen) atoms. The van der Waals surface area contributed by atoms with E-state index in [2.05, 4.69) is 0 Å². The maximum atomic E-state index is 13.5. The van der Waals surface area contributed by atoms with Crippen molar-refractivity contribution in [2.75, 3.05) is 6.61 Å². The van der Waals surface area contributed by atoms with E-state index in [-0.39, 0.29) is 6.61 Å². The van der Waals surface area contributed by atoms with Crippen molar-refractivity contribution in [2.45, 2.75) is 31.1 Å². The number of rotatable bonds is 6. The van der Waals surface area contributed by atoms with E-state index in [1.807, 2.05) is 6.92 Å². The average Bonchev–Trinajstić information content (AvgIpc) is 2.25.